The topological polar surface area (TPSA) is 74.2 Å². The van der Waals surface area contributed by atoms with Crippen LogP contribution in [0.5, 0.6) is 0 Å². The number of nitrogens with zero attached hydrogens (tertiary/aromatic N) is 2. The summed E-state index contributed by atoms with van der Waals surface area (Å²) in [6.07, 6.45) is 1.95. The van der Waals surface area contributed by atoms with Gasteiger partial charge in [0.1, 0.15) is 6.10 Å². The lowest BCUT2D eigenvalue weighted by molar-refractivity contribution is 0.103. The molecule has 18 heavy (non-hydrogen) atoms. The van der Waals surface area contributed by atoms with Gasteiger partial charge in [-0.05, 0) is 53.6 Å². The van der Waals surface area contributed by atoms with E-state index in [4.69, 9.17) is 15.0 Å². The van der Waals surface area contributed by atoms with Gasteiger partial charge in [-0.2, -0.15) is 4.98 Å². The Balaban J connectivity index is 1.94. The lowest BCUT2D eigenvalue weighted by Gasteiger charge is -2.02. The van der Waals surface area contributed by atoms with E-state index in [1.54, 1.807) is 0 Å². The molecule has 2 aromatic rings. The van der Waals surface area contributed by atoms with Crippen molar-refractivity contribution < 1.29 is 9.26 Å². The van der Waals surface area contributed by atoms with Crippen molar-refractivity contribution in [2.45, 2.75) is 18.9 Å². The summed E-state index contributed by atoms with van der Waals surface area (Å²) in [7, 11) is 0. The van der Waals surface area contributed by atoms with Crippen LogP contribution in [-0.2, 0) is 4.74 Å². The summed E-state index contributed by atoms with van der Waals surface area (Å²) in [5.74, 6) is 1.07. The van der Waals surface area contributed by atoms with Gasteiger partial charge in [0.05, 0.1) is 5.56 Å². The van der Waals surface area contributed by atoms with E-state index in [0.29, 0.717) is 17.4 Å². The summed E-state index contributed by atoms with van der Waals surface area (Å²) in [6.45, 7) is 0.764. The molecule has 0 radical (unpaired) electrons. The summed E-state index contributed by atoms with van der Waals surface area (Å²) in [6, 6.07) is 5.71. The molecule has 94 valence electrons. The van der Waals surface area contributed by atoms with Gasteiger partial charge in [-0.1, -0.05) is 5.16 Å². The van der Waals surface area contributed by atoms with Gasteiger partial charge in [0.2, 0.25) is 5.82 Å². The number of benzene rings is 1. The normalized spacial score (nSPS) is 19.3. The highest BCUT2D eigenvalue weighted by Crippen LogP contribution is 2.30. The van der Waals surface area contributed by atoms with Crippen molar-refractivity contribution in [2.75, 3.05) is 12.3 Å². The lowest BCUT2D eigenvalue weighted by Crippen LogP contribution is -1.98. The number of nitrogen functional groups attached to an aromatic ring is 1. The van der Waals surface area contributed by atoms with E-state index >= 15 is 0 Å². The molecule has 0 amide bonds. The molecule has 1 aliphatic rings. The molecule has 1 saturated heterocycles. The Kier molecular flexibility index (Phi) is 3.21. The first-order valence-electron chi connectivity index (χ1n) is 5.74. The van der Waals surface area contributed by atoms with E-state index in [0.717, 1.165) is 28.6 Å². The average molecular weight is 357 g/mol. The average Bonchev–Trinajstić information content (AvgIpc) is 3.00. The number of anilines is 1. The predicted octanol–water partition coefficient (Wildman–Crippen LogP) is 2.77. The largest absolute Gasteiger partial charge is 0.398 e. The standard InChI is InChI=1S/C12H12IN3O2/c13-7-3-4-9(14)8(6-7)12-15-11(16-18-12)10-2-1-5-17-10/h3-4,6,10H,1-2,5,14H2. The van der Waals surface area contributed by atoms with Crippen LogP contribution in [-0.4, -0.2) is 16.7 Å². The Labute approximate surface area is 118 Å². The third-order valence-electron chi connectivity index (χ3n) is 2.91. The van der Waals surface area contributed by atoms with Crippen LogP contribution in [0.25, 0.3) is 11.5 Å². The van der Waals surface area contributed by atoms with Gasteiger partial charge in [0, 0.05) is 15.9 Å². The maximum absolute atomic E-state index is 5.92. The number of ether oxygens (including phenoxy) is 1. The Morgan fingerprint density at radius 3 is 3.06 bits per heavy atom. The molecule has 0 bridgehead atoms. The van der Waals surface area contributed by atoms with E-state index in [2.05, 4.69) is 32.7 Å². The third-order valence-corrected chi connectivity index (χ3v) is 3.58. The zero-order valence-electron chi connectivity index (χ0n) is 9.60. The molecular weight excluding hydrogens is 345 g/mol. The van der Waals surface area contributed by atoms with Crippen molar-refractivity contribution in [2.24, 2.45) is 0 Å². The van der Waals surface area contributed by atoms with Gasteiger partial charge in [-0.3, -0.25) is 0 Å². The molecule has 0 saturated carbocycles. The monoisotopic (exact) mass is 357 g/mol. The van der Waals surface area contributed by atoms with Crippen LogP contribution in [0.4, 0.5) is 5.69 Å². The SMILES string of the molecule is Nc1ccc(I)cc1-c1nc(C2CCCO2)no1. The van der Waals surface area contributed by atoms with Crippen molar-refractivity contribution in [3.05, 3.63) is 27.6 Å². The Hall–Kier alpha value is -1.15. The van der Waals surface area contributed by atoms with Gasteiger partial charge in [-0.25, -0.2) is 0 Å². The van der Waals surface area contributed by atoms with Gasteiger partial charge in [0.15, 0.2) is 0 Å². The van der Waals surface area contributed by atoms with Crippen LogP contribution in [0.1, 0.15) is 24.8 Å². The first kappa shape index (κ1) is 11.9. The summed E-state index contributed by atoms with van der Waals surface area (Å²) in [5.41, 5.74) is 7.34. The van der Waals surface area contributed by atoms with Crippen LogP contribution in [0.3, 0.4) is 0 Å². The molecule has 6 heteroatoms. The van der Waals surface area contributed by atoms with E-state index in [1.165, 1.54) is 0 Å². The van der Waals surface area contributed by atoms with Gasteiger partial charge < -0.3 is 15.0 Å². The van der Waals surface area contributed by atoms with Gasteiger partial charge in [0.25, 0.3) is 5.89 Å². The fourth-order valence-electron chi connectivity index (χ4n) is 1.97. The summed E-state index contributed by atoms with van der Waals surface area (Å²) in [5, 5.41) is 3.98. The minimum absolute atomic E-state index is 0.0356. The van der Waals surface area contributed by atoms with Crippen LogP contribution in [0.15, 0.2) is 22.7 Å². The van der Waals surface area contributed by atoms with Crippen molar-refractivity contribution in [3.8, 4) is 11.5 Å². The highest BCUT2D eigenvalue weighted by atomic mass is 127. The fourth-order valence-corrected chi connectivity index (χ4v) is 2.46. The zero-order valence-corrected chi connectivity index (χ0v) is 11.8. The molecule has 5 nitrogen and oxygen atoms in total. The second-order valence-corrected chi connectivity index (χ2v) is 5.44. The van der Waals surface area contributed by atoms with E-state index in [-0.39, 0.29) is 6.10 Å². The van der Waals surface area contributed by atoms with E-state index in [1.807, 2.05) is 18.2 Å². The Bertz CT molecular complexity index is 564. The molecule has 2 N–H and O–H groups in total. The highest BCUT2D eigenvalue weighted by Gasteiger charge is 2.24. The first-order valence-corrected chi connectivity index (χ1v) is 6.82. The smallest absolute Gasteiger partial charge is 0.260 e. The van der Waals surface area contributed by atoms with E-state index < -0.39 is 0 Å². The summed E-state index contributed by atoms with van der Waals surface area (Å²) < 4.78 is 11.9. The third kappa shape index (κ3) is 2.22. The minimum Gasteiger partial charge on any atom is -0.398 e. The second-order valence-electron chi connectivity index (χ2n) is 4.19. The number of hydrogen-bond acceptors (Lipinski definition) is 5. The minimum atomic E-state index is -0.0356. The molecule has 0 aliphatic carbocycles. The number of halogens is 1. The van der Waals surface area contributed by atoms with Crippen LogP contribution in [0.2, 0.25) is 0 Å². The van der Waals surface area contributed by atoms with Crippen molar-refractivity contribution in [1.29, 1.82) is 0 Å². The number of nitrogens with two attached hydrogens (primary N) is 1. The Morgan fingerprint density at radius 1 is 1.39 bits per heavy atom. The molecule has 2 heterocycles. The maximum atomic E-state index is 5.92. The molecule has 1 fully saturated rings. The molecule has 3 rings (SSSR count). The zero-order chi connectivity index (χ0) is 12.5. The second kappa shape index (κ2) is 4.85. The van der Waals surface area contributed by atoms with Crippen LogP contribution >= 0.6 is 22.6 Å². The van der Waals surface area contributed by atoms with Crippen molar-refractivity contribution in [1.82, 2.24) is 10.1 Å². The summed E-state index contributed by atoms with van der Waals surface area (Å²) in [4.78, 5) is 4.38. The fraction of sp³-hybridized carbons (Fsp3) is 0.333. The number of hydrogen-bond donors (Lipinski definition) is 1. The number of rotatable bonds is 2. The lowest BCUT2D eigenvalue weighted by atomic mass is 10.2. The molecule has 1 aromatic carbocycles. The summed E-state index contributed by atoms with van der Waals surface area (Å²) >= 11 is 2.22. The van der Waals surface area contributed by atoms with Crippen molar-refractivity contribution in [3.63, 3.8) is 0 Å². The van der Waals surface area contributed by atoms with Crippen LogP contribution in [0, 0.1) is 3.57 Å². The Morgan fingerprint density at radius 2 is 2.28 bits per heavy atom. The van der Waals surface area contributed by atoms with Gasteiger partial charge >= 0.3 is 0 Å². The number of aromatic nitrogens is 2. The molecule has 1 atom stereocenters. The quantitative estimate of drug-likeness (QED) is 0.661. The molecule has 1 aromatic heterocycles. The highest BCUT2D eigenvalue weighted by molar-refractivity contribution is 14.1. The van der Waals surface area contributed by atoms with Crippen molar-refractivity contribution >= 4 is 28.3 Å². The van der Waals surface area contributed by atoms with E-state index in [9.17, 15) is 0 Å². The molecule has 1 unspecified atom stereocenters. The molecular formula is C12H12IN3O2. The molecule has 0 spiro atoms. The first-order chi connectivity index (χ1) is 8.74. The molecule has 1 aliphatic heterocycles. The predicted molar refractivity (Wildman–Crippen MR) is 74.8 cm³/mol. The van der Waals surface area contributed by atoms with Gasteiger partial charge in [-0.15, -0.1) is 0 Å². The van der Waals surface area contributed by atoms with Crippen LogP contribution < -0.4 is 5.73 Å². The maximum Gasteiger partial charge on any atom is 0.260 e.